The smallest absolute Gasteiger partial charge is 0.243 e. The van der Waals surface area contributed by atoms with E-state index in [0.717, 1.165) is 16.7 Å². The van der Waals surface area contributed by atoms with Crippen molar-refractivity contribution >= 4 is 15.9 Å². The first-order valence-corrected chi connectivity index (χ1v) is 12.0. The molecule has 2 aromatic carbocycles. The number of nitrogens with two attached hydrogens (primary N) is 1. The highest BCUT2D eigenvalue weighted by Crippen LogP contribution is 2.36. The SMILES string of the molecule is NC[C@H](C(=O)N1CC2=C(C1)CN(S(=O)(=O)c1ccc3c(c1)OCCO3)C2)c1ccccc1. The first kappa shape index (κ1) is 21.0. The minimum absolute atomic E-state index is 0.0191. The molecule has 32 heavy (non-hydrogen) atoms. The molecule has 3 aliphatic heterocycles. The minimum atomic E-state index is -3.68. The van der Waals surface area contributed by atoms with E-state index in [2.05, 4.69) is 0 Å². The van der Waals surface area contributed by atoms with E-state index in [-0.39, 0.29) is 30.4 Å². The van der Waals surface area contributed by atoms with E-state index in [4.69, 9.17) is 15.2 Å². The van der Waals surface area contributed by atoms with Crippen LogP contribution in [0.5, 0.6) is 11.5 Å². The van der Waals surface area contributed by atoms with Crippen molar-refractivity contribution in [2.75, 3.05) is 45.9 Å². The molecule has 0 saturated carbocycles. The molecular weight excluding hydrogens is 430 g/mol. The van der Waals surface area contributed by atoms with Gasteiger partial charge in [-0.1, -0.05) is 30.3 Å². The number of rotatable bonds is 5. The van der Waals surface area contributed by atoms with Gasteiger partial charge in [-0.25, -0.2) is 8.42 Å². The number of sulfonamides is 1. The molecule has 0 aromatic heterocycles. The fourth-order valence-electron chi connectivity index (χ4n) is 4.49. The van der Waals surface area contributed by atoms with Gasteiger partial charge in [0.1, 0.15) is 13.2 Å². The second-order valence-corrected chi connectivity index (χ2v) is 10.1. The number of carbonyl (C=O) groups is 1. The van der Waals surface area contributed by atoms with Crippen LogP contribution in [-0.4, -0.2) is 69.5 Å². The summed E-state index contributed by atoms with van der Waals surface area (Å²) in [6.45, 7) is 2.52. The third kappa shape index (κ3) is 3.66. The lowest BCUT2D eigenvalue weighted by atomic mass is 9.98. The van der Waals surface area contributed by atoms with Gasteiger partial charge in [0.2, 0.25) is 15.9 Å². The van der Waals surface area contributed by atoms with Gasteiger partial charge in [0.05, 0.1) is 10.8 Å². The van der Waals surface area contributed by atoms with E-state index in [9.17, 15) is 13.2 Å². The van der Waals surface area contributed by atoms with Crippen LogP contribution in [0.2, 0.25) is 0 Å². The molecule has 0 fully saturated rings. The molecule has 0 radical (unpaired) electrons. The molecule has 0 unspecified atom stereocenters. The zero-order chi connectivity index (χ0) is 22.3. The van der Waals surface area contributed by atoms with Crippen molar-refractivity contribution in [1.82, 2.24) is 9.21 Å². The summed E-state index contributed by atoms with van der Waals surface area (Å²) in [6, 6.07) is 14.2. The van der Waals surface area contributed by atoms with Crippen LogP contribution in [0.15, 0.2) is 64.6 Å². The lowest BCUT2D eigenvalue weighted by Crippen LogP contribution is -2.40. The van der Waals surface area contributed by atoms with Crippen LogP contribution >= 0.6 is 0 Å². The summed E-state index contributed by atoms with van der Waals surface area (Å²) in [5.74, 6) is 0.588. The number of ether oxygens (including phenoxy) is 2. The number of hydrogen-bond donors (Lipinski definition) is 1. The maximum atomic E-state index is 13.2. The average molecular weight is 456 g/mol. The summed E-state index contributed by atoms with van der Waals surface area (Å²) in [5.41, 5.74) is 8.79. The third-order valence-electron chi connectivity index (χ3n) is 6.20. The van der Waals surface area contributed by atoms with E-state index in [0.29, 0.717) is 37.8 Å². The van der Waals surface area contributed by atoms with Gasteiger partial charge in [0.25, 0.3) is 0 Å². The van der Waals surface area contributed by atoms with Crippen LogP contribution in [0.4, 0.5) is 0 Å². The monoisotopic (exact) mass is 455 g/mol. The zero-order valence-electron chi connectivity index (χ0n) is 17.6. The molecule has 8 nitrogen and oxygen atoms in total. The van der Waals surface area contributed by atoms with Gasteiger partial charge < -0.3 is 20.1 Å². The predicted octanol–water partition coefficient (Wildman–Crippen LogP) is 1.34. The maximum Gasteiger partial charge on any atom is 0.243 e. The molecule has 9 heteroatoms. The fraction of sp³-hybridized carbons (Fsp3) is 0.348. The molecule has 0 spiro atoms. The average Bonchev–Trinajstić information content (AvgIpc) is 3.40. The normalized spacial score (nSPS) is 19.2. The minimum Gasteiger partial charge on any atom is -0.486 e. The summed E-state index contributed by atoms with van der Waals surface area (Å²) < 4.78 is 38.9. The predicted molar refractivity (Wildman–Crippen MR) is 118 cm³/mol. The highest BCUT2D eigenvalue weighted by molar-refractivity contribution is 7.89. The molecular formula is C23H25N3O5S. The number of carbonyl (C=O) groups excluding carboxylic acids is 1. The summed E-state index contributed by atoms with van der Waals surface area (Å²) in [5, 5.41) is 0. The molecule has 1 atom stereocenters. The van der Waals surface area contributed by atoms with Crippen LogP contribution in [0, 0.1) is 0 Å². The van der Waals surface area contributed by atoms with Gasteiger partial charge in [-0.15, -0.1) is 0 Å². The van der Waals surface area contributed by atoms with Crippen molar-refractivity contribution < 1.29 is 22.7 Å². The van der Waals surface area contributed by atoms with Gasteiger partial charge in [-0.3, -0.25) is 4.79 Å². The Hall–Kier alpha value is -2.88. The largest absolute Gasteiger partial charge is 0.486 e. The Bertz CT molecular complexity index is 1160. The third-order valence-corrected chi connectivity index (χ3v) is 7.98. The molecule has 168 valence electrons. The van der Waals surface area contributed by atoms with Crippen LogP contribution in [0.25, 0.3) is 0 Å². The van der Waals surface area contributed by atoms with E-state index in [1.807, 2.05) is 30.3 Å². The molecule has 0 aliphatic carbocycles. The summed E-state index contributed by atoms with van der Waals surface area (Å²) >= 11 is 0. The molecule has 2 aromatic rings. The van der Waals surface area contributed by atoms with Crippen molar-refractivity contribution in [2.45, 2.75) is 10.8 Å². The number of amides is 1. The van der Waals surface area contributed by atoms with Crippen molar-refractivity contribution in [3.05, 3.63) is 65.2 Å². The fourth-order valence-corrected chi connectivity index (χ4v) is 5.94. The Labute approximate surface area is 187 Å². The Balaban J connectivity index is 1.27. The van der Waals surface area contributed by atoms with Crippen molar-refractivity contribution in [3.8, 4) is 11.5 Å². The number of fused-ring (bicyclic) bond motifs is 1. The second-order valence-electron chi connectivity index (χ2n) is 8.18. The Morgan fingerprint density at radius 2 is 1.59 bits per heavy atom. The van der Waals surface area contributed by atoms with Gasteiger partial charge in [0.15, 0.2) is 11.5 Å². The molecule has 0 saturated heterocycles. The van der Waals surface area contributed by atoms with E-state index in [1.165, 1.54) is 10.4 Å². The van der Waals surface area contributed by atoms with Crippen LogP contribution in [-0.2, 0) is 14.8 Å². The highest BCUT2D eigenvalue weighted by Gasteiger charge is 2.39. The first-order chi connectivity index (χ1) is 15.5. The van der Waals surface area contributed by atoms with Crippen molar-refractivity contribution in [3.63, 3.8) is 0 Å². The lowest BCUT2D eigenvalue weighted by Gasteiger charge is -2.26. The second kappa shape index (κ2) is 8.23. The standard InChI is InChI=1S/C23H25N3O5S/c24-11-20(16-4-2-1-3-5-16)23(27)25-12-17-14-26(15-18(17)13-25)32(28,29)19-6-7-21-22(10-19)31-9-8-30-21/h1-7,10,20H,8-9,11-15,24H2/t20-/m0/s1. The van der Waals surface area contributed by atoms with Crippen molar-refractivity contribution in [1.29, 1.82) is 0 Å². The Morgan fingerprint density at radius 1 is 0.938 bits per heavy atom. The molecule has 1 amide bonds. The molecule has 5 rings (SSSR count). The lowest BCUT2D eigenvalue weighted by molar-refractivity contribution is -0.131. The van der Waals surface area contributed by atoms with Crippen LogP contribution in [0.3, 0.4) is 0 Å². The quantitative estimate of drug-likeness (QED) is 0.683. The zero-order valence-corrected chi connectivity index (χ0v) is 18.4. The number of hydrogen-bond acceptors (Lipinski definition) is 6. The first-order valence-electron chi connectivity index (χ1n) is 10.6. The maximum absolute atomic E-state index is 13.2. The van der Waals surface area contributed by atoms with Gasteiger partial charge >= 0.3 is 0 Å². The van der Waals surface area contributed by atoms with Gasteiger partial charge in [-0.05, 0) is 28.8 Å². The highest BCUT2D eigenvalue weighted by atomic mass is 32.2. The van der Waals surface area contributed by atoms with Crippen molar-refractivity contribution in [2.24, 2.45) is 5.73 Å². The Kier molecular flexibility index (Phi) is 5.40. The molecule has 3 heterocycles. The van der Waals surface area contributed by atoms with E-state index in [1.54, 1.807) is 17.0 Å². The number of nitrogens with zero attached hydrogens (tertiary/aromatic N) is 2. The van der Waals surface area contributed by atoms with Gasteiger partial charge in [-0.2, -0.15) is 4.31 Å². The summed E-state index contributed by atoms with van der Waals surface area (Å²) in [7, 11) is -3.68. The van der Waals surface area contributed by atoms with E-state index >= 15 is 0 Å². The molecule has 2 N–H and O–H groups in total. The molecule has 0 bridgehead atoms. The Morgan fingerprint density at radius 3 is 2.25 bits per heavy atom. The van der Waals surface area contributed by atoms with Gasteiger partial charge in [0, 0.05) is 38.8 Å². The van der Waals surface area contributed by atoms with Crippen LogP contribution in [0.1, 0.15) is 11.5 Å². The van der Waals surface area contributed by atoms with E-state index < -0.39 is 15.9 Å². The number of benzene rings is 2. The summed E-state index contributed by atoms with van der Waals surface area (Å²) in [4.78, 5) is 15.1. The summed E-state index contributed by atoms with van der Waals surface area (Å²) in [6.07, 6.45) is 0. The molecule has 3 aliphatic rings. The van der Waals surface area contributed by atoms with Crippen LogP contribution < -0.4 is 15.2 Å². The topological polar surface area (TPSA) is 102 Å².